The number of rotatable bonds is 5. The van der Waals surface area contributed by atoms with Crippen molar-refractivity contribution < 1.29 is 4.74 Å². The van der Waals surface area contributed by atoms with Crippen molar-refractivity contribution in [2.24, 2.45) is 0 Å². The van der Waals surface area contributed by atoms with Crippen molar-refractivity contribution in [3.8, 4) is 5.75 Å². The molecule has 1 aromatic rings. The summed E-state index contributed by atoms with van der Waals surface area (Å²) in [6, 6.07) is 4.39. The van der Waals surface area contributed by atoms with Crippen LogP contribution >= 0.6 is 0 Å². The van der Waals surface area contributed by atoms with Crippen molar-refractivity contribution >= 4 is 0 Å². The van der Waals surface area contributed by atoms with Crippen LogP contribution in [0.3, 0.4) is 0 Å². The third-order valence-electron chi connectivity index (χ3n) is 2.79. The lowest BCUT2D eigenvalue weighted by atomic mass is 10.1. The fourth-order valence-corrected chi connectivity index (χ4v) is 1.82. The lowest BCUT2D eigenvalue weighted by Crippen LogP contribution is -2.12. The van der Waals surface area contributed by atoms with Gasteiger partial charge in [-0.2, -0.15) is 0 Å². The molecule has 90 valence electrons. The maximum absolute atomic E-state index is 5.94. The van der Waals surface area contributed by atoms with Gasteiger partial charge in [-0.1, -0.05) is 19.1 Å². The lowest BCUT2D eigenvalue weighted by Gasteiger charge is -2.18. The summed E-state index contributed by atoms with van der Waals surface area (Å²) in [6.07, 6.45) is 1.32. The second kappa shape index (κ2) is 5.90. The van der Waals surface area contributed by atoms with Gasteiger partial charge in [-0.3, -0.25) is 0 Å². The first kappa shape index (κ1) is 13.0. The molecule has 0 spiro atoms. The summed E-state index contributed by atoms with van der Waals surface area (Å²) in [5.41, 5.74) is 3.77. The van der Waals surface area contributed by atoms with Crippen LogP contribution in [0.4, 0.5) is 0 Å². The highest BCUT2D eigenvalue weighted by Crippen LogP contribution is 2.26. The minimum Gasteiger partial charge on any atom is -0.490 e. The Balaban J connectivity index is 2.93. The van der Waals surface area contributed by atoms with Crippen LogP contribution in [0, 0.1) is 13.8 Å². The Morgan fingerprint density at radius 1 is 1.25 bits per heavy atom. The predicted molar refractivity (Wildman–Crippen MR) is 69.1 cm³/mol. The fraction of sp³-hybridized carbons (Fsp3) is 0.571. The van der Waals surface area contributed by atoms with E-state index in [9.17, 15) is 0 Å². The Labute approximate surface area is 99.0 Å². The molecule has 0 amide bonds. The monoisotopic (exact) mass is 221 g/mol. The van der Waals surface area contributed by atoms with Crippen molar-refractivity contribution in [2.45, 2.75) is 46.8 Å². The normalized spacial score (nSPS) is 12.6. The Hall–Kier alpha value is -1.02. The number of aryl methyl sites for hydroxylation is 2. The Kier molecular flexibility index (Phi) is 4.81. The molecule has 0 aliphatic rings. The fourth-order valence-electron chi connectivity index (χ4n) is 1.82. The summed E-state index contributed by atoms with van der Waals surface area (Å²) in [5.74, 6) is 1.05. The molecule has 0 saturated carbocycles. The number of hydrogen-bond acceptors (Lipinski definition) is 2. The van der Waals surface area contributed by atoms with E-state index in [1.54, 1.807) is 0 Å². The largest absolute Gasteiger partial charge is 0.490 e. The zero-order valence-electron chi connectivity index (χ0n) is 11.1. The molecule has 0 aromatic heterocycles. The summed E-state index contributed by atoms with van der Waals surface area (Å²) >= 11 is 0. The van der Waals surface area contributed by atoms with Gasteiger partial charge in [0.2, 0.25) is 0 Å². The van der Waals surface area contributed by atoms with Gasteiger partial charge in [0.1, 0.15) is 5.75 Å². The highest BCUT2D eigenvalue weighted by atomic mass is 16.5. The third kappa shape index (κ3) is 3.24. The highest BCUT2D eigenvalue weighted by molar-refractivity contribution is 5.43. The van der Waals surface area contributed by atoms with E-state index >= 15 is 0 Å². The third-order valence-corrected chi connectivity index (χ3v) is 2.79. The molecule has 1 atom stereocenters. The molecule has 2 heteroatoms. The van der Waals surface area contributed by atoms with Gasteiger partial charge >= 0.3 is 0 Å². The first-order valence-corrected chi connectivity index (χ1v) is 5.99. The maximum Gasteiger partial charge on any atom is 0.125 e. The van der Waals surface area contributed by atoms with E-state index in [0.717, 1.165) is 18.7 Å². The van der Waals surface area contributed by atoms with Gasteiger partial charge in [0.15, 0.2) is 0 Å². The Morgan fingerprint density at radius 3 is 2.25 bits per heavy atom. The van der Waals surface area contributed by atoms with Gasteiger partial charge in [0.05, 0.1) is 6.10 Å². The minimum absolute atomic E-state index is 0.285. The van der Waals surface area contributed by atoms with Crippen molar-refractivity contribution in [1.29, 1.82) is 0 Å². The second-order valence-electron chi connectivity index (χ2n) is 4.43. The van der Waals surface area contributed by atoms with Crippen LogP contribution in [0.1, 0.15) is 37.0 Å². The molecule has 0 heterocycles. The second-order valence-corrected chi connectivity index (χ2v) is 4.43. The number of ether oxygens (including phenoxy) is 1. The van der Waals surface area contributed by atoms with E-state index in [1.807, 2.05) is 7.05 Å². The molecule has 0 aliphatic carbocycles. The van der Waals surface area contributed by atoms with E-state index in [2.05, 4.69) is 45.1 Å². The van der Waals surface area contributed by atoms with Gasteiger partial charge < -0.3 is 10.1 Å². The van der Waals surface area contributed by atoms with E-state index < -0.39 is 0 Å². The van der Waals surface area contributed by atoms with Crippen LogP contribution < -0.4 is 10.1 Å². The number of nitrogens with one attached hydrogen (secondary N) is 1. The van der Waals surface area contributed by atoms with Gasteiger partial charge in [-0.05, 0) is 50.9 Å². The zero-order chi connectivity index (χ0) is 12.1. The van der Waals surface area contributed by atoms with Crippen LogP contribution in [0.2, 0.25) is 0 Å². The number of benzene rings is 1. The molecule has 2 nitrogen and oxygen atoms in total. The molecule has 0 saturated heterocycles. The smallest absolute Gasteiger partial charge is 0.125 e. The van der Waals surface area contributed by atoms with E-state index in [-0.39, 0.29) is 6.10 Å². The molecule has 0 aliphatic heterocycles. The van der Waals surface area contributed by atoms with Crippen LogP contribution in [0.5, 0.6) is 5.75 Å². The highest BCUT2D eigenvalue weighted by Gasteiger charge is 2.09. The minimum atomic E-state index is 0.285. The first-order valence-electron chi connectivity index (χ1n) is 5.99. The SMILES string of the molecule is CCC(C)Oc1c(C)cc(CNC)cc1C. The van der Waals surface area contributed by atoms with Crippen LogP contribution in [0.15, 0.2) is 12.1 Å². The molecule has 0 fully saturated rings. The van der Waals surface area contributed by atoms with Crippen LogP contribution in [-0.2, 0) is 6.54 Å². The molecule has 1 N–H and O–H groups in total. The first-order chi connectivity index (χ1) is 7.58. The van der Waals surface area contributed by atoms with Crippen LogP contribution in [0.25, 0.3) is 0 Å². The topological polar surface area (TPSA) is 21.3 Å². The average Bonchev–Trinajstić information content (AvgIpc) is 2.23. The lowest BCUT2D eigenvalue weighted by molar-refractivity contribution is 0.214. The standard InChI is InChI=1S/C14H23NO/c1-6-12(4)16-14-10(2)7-13(9-15-5)8-11(14)3/h7-8,12,15H,6,9H2,1-5H3. The predicted octanol–water partition coefficient (Wildman–Crippen LogP) is 3.20. The summed E-state index contributed by atoms with van der Waals surface area (Å²) in [6.45, 7) is 9.39. The molecule has 1 unspecified atom stereocenters. The summed E-state index contributed by atoms with van der Waals surface area (Å²) in [5, 5.41) is 3.17. The number of hydrogen-bond donors (Lipinski definition) is 1. The van der Waals surface area contributed by atoms with Crippen LogP contribution in [-0.4, -0.2) is 13.2 Å². The van der Waals surface area contributed by atoms with Crippen molar-refractivity contribution in [2.75, 3.05) is 7.05 Å². The van der Waals surface area contributed by atoms with Crippen molar-refractivity contribution in [3.05, 3.63) is 28.8 Å². The summed E-state index contributed by atoms with van der Waals surface area (Å²) < 4.78 is 5.94. The van der Waals surface area contributed by atoms with Gasteiger partial charge in [0, 0.05) is 6.54 Å². The van der Waals surface area contributed by atoms with Gasteiger partial charge in [-0.15, -0.1) is 0 Å². The molecule has 16 heavy (non-hydrogen) atoms. The van der Waals surface area contributed by atoms with Crippen molar-refractivity contribution in [3.63, 3.8) is 0 Å². The molecule has 1 aromatic carbocycles. The molecular weight excluding hydrogens is 198 g/mol. The molecule has 0 radical (unpaired) electrons. The molecule has 0 bridgehead atoms. The van der Waals surface area contributed by atoms with E-state index in [1.165, 1.54) is 16.7 Å². The van der Waals surface area contributed by atoms with E-state index in [4.69, 9.17) is 4.74 Å². The quantitative estimate of drug-likeness (QED) is 0.824. The Morgan fingerprint density at radius 2 is 1.81 bits per heavy atom. The average molecular weight is 221 g/mol. The zero-order valence-corrected chi connectivity index (χ0v) is 11.1. The summed E-state index contributed by atoms with van der Waals surface area (Å²) in [4.78, 5) is 0. The van der Waals surface area contributed by atoms with E-state index in [0.29, 0.717) is 0 Å². The Bertz CT molecular complexity index is 324. The van der Waals surface area contributed by atoms with Gasteiger partial charge in [-0.25, -0.2) is 0 Å². The van der Waals surface area contributed by atoms with Crippen molar-refractivity contribution in [1.82, 2.24) is 5.32 Å². The molecular formula is C14H23NO. The maximum atomic E-state index is 5.94. The summed E-state index contributed by atoms with van der Waals surface area (Å²) in [7, 11) is 1.97. The molecule has 1 rings (SSSR count). The van der Waals surface area contributed by atoms with Gasteiger partial charge in [0.25, 0.3) is 0 Å².